The van der Waals surface area contributed by atoms with Crippen molar-refractivity contribution >= 4 is 5.82 Å². The molecule has 106 valence electrons. The molecule has 0 atom stereocenters. The topological polar surface area (TPSA) is 61.7 Å². The van der Waals surface area contributed by atoms with Crippen molar-refractivity contribution in [1.82, 2.24) is 19.1 Å². The lowest BCUT2D eigenvalue weighted by molar-refractivity contribution is 0.843. The molecule has 2 heterocycles. The van der Waals surface area contributed by atoms with E-state index in [0.717, 1.165) is 22.8 Å². The molecule has 5 nitrogen and oxygen atoms in total. The summed E-state index contributed by atoms with van der Waals surface area (Å²) >= 11 is 0. The first kappa shape index (κ1) is 13.2. The number of aryl methyl sites for hydroxylation is 1. The standard InChI is InChI=1S/C16H17N5/c1-3-9-21-15(17)14(13-10-18-11-20(13)2)19-16(21)12-7-5-4-6-8-12/h3-8,10-11H,1,9,17H2,2H3. The summed E-state index contributed by atoms with van der Waals surface area (Å²) in [5, 5.41) is 0. The predicted molar refractivity (Wildman–Crippen MR) is 84.5 cm³/mol. The Balaban J connectivity index is 2.21. The number of anilines is 1. The molecular formula is C16H17N5. The highest BCUT2D eigenvalue weighted by molar-refractivity contribution is 5.73. The maximum atomic E-state index is 6.30. The van der Waals surface area contributed by atoms with Crippen LogP contribution in [-0.2, 0) is 13.6 Å². The Morgan fingerprint density at radius 3 is 2.67 bits per heavy atom. The smallest absolute Gasteiger partial charge is 0.142 e. The largest absolute Gasteiger partial charge is 0.383 e. The Hall–Kier alpha value is -2.82. The van der Waals surface area contributed by atoms with E-state index in [4.69, 9.17) is 10.7 Å². The lowest BCUT2D eigenvalue weighted by atomic mass is 10.2. The third kappa shape index (κ3) is 2.23. The Morgan fingerprint density at radius 1 is 1.29 bits per heavy atom. The van der Waals surface area contributed by atoms with E-state index in [1.165, 1.54) is 0 Å². The van der Waals surface area contributed by atoms with Crippen molar-refractivity contribution in [2.24, 2.45) is 7.05 Å². The third-order valence-corrected chi connectivity index (χ3v) is 3.41. The van der Waals surface area contributed by atoms with E-state index < -0.39 is 0 Å². The van der Waals surface area contributed by atoms with Gasteiger partial charge in [-0.15, -0.1) is 6.58 Å². The van der Waals surface area contributed by atoms with Crippen LogP contribution in [0.5, 0.6) is 0 Å². The Morgan fingerprint density at radius 2 is 2.05 bits per heavy atom. The molecular weight excluding hydrogens is 262 g/mol. The van der Waals surface area contributed by atoms with E-state index in [0.29, 0.717) is 12.4 Å². The van der Waals surface area contributed by atoms with Crippen LogP contribution in [0.4, 0.5) is 5.82 Å². The van der Waals surface area contributed by atoms with Gasteiger partial charge in [0.25, 0.3) is 0 Å². The van der Waals surface area contributed by atoms with Gasteiger partial charge in [-0.25, -0.2) is 9.97 Å². The predicted octanol–water partition coefficient (Wildman–Crippen LogP) is 2.72. The number of allylic oxidation sites excluding steroid dienone is 1. The minimum absolute atomic E-state index is 0.612. The van der Waals surface area contributed by atoms with Crippen LogP contribution in [0, 0.1) is 0 Å². The molecule has 0 radical (unpaired) electrons. The molecule has 0 saturated carbocycles. The van der Waals surface area contributed by atoms with Gasteiger partial charge in [-0.05, 0) is 0 Å². The zero-order valence-corrected chi connectivity index (χ0v) is 11.9. The van der Waals surface area contributed by atoms with Crippen LogP contribution in [-0.4, -0.2) is 19.1 Å². The maximum absolute atomic E-state index is 6.30. The molecule has 0 fully saturated rings. The maximum Gasteiger partial charge on any atom is 0.142 e. The molecule has 0 aliphatic heterocycles. The number of imidazole rings is 2. The second-order valence-electron chi connectivity index (χ2n) is 4.82. The van der Waals surface area contributed by atoms with E-state index in [2.05, 4.69) is 11.6 Å². The van der Waals surface area contributed by atoms with Gasteiger partial charge in [-0.3, -0.25) is 0 Å². The van der Waals surface area contributed by atoms with Gasteiger partial charge < -0.3 is 14.9 Å². The number of rotatable bonds is 4. The molecule has 0 unspecified atom stereocenters. The SMILES string of the molecule is C=CCn1c(-c2ccccc2)nc(-c2cncn2C)c1N. The quantitative estimate of drug-likeness (QED) is 0.747. The average molecular weight is 279 g/mol. The summed E-state index contributed by atoms with van der Waals surface area (Å²) in [6.45, 7) is 4.41. The Kier molecular flexibility index (Phi) is 3.31. The van der Waals surface area contributed by atoms with E-state index in [9.17, 15) is 0 Å². The first-order valence-corrected chi connectivity index (χ1v) is 6.71. The van der Waals surface area contributed by atoms with Gasteiger partial charge in [0, 0.05) is 19.2 Å². The number of nitrogen functional groups attached to an aromatic ring is 1. The normalized spacial score (nSPS) is 10.7. The summed E-state index contributed by atoms with van der Waals surface area (Å²) in [5.74, 6) is 1.46. The summed E-state index contributed by atoms with van der Waals surface area (Å²) in [4.78, 5) is 8.87. The number of nitrogens with zero attached hydrogens (tertiary/aromatic N) is 4. The monoisotopic (exact) mass is 279 g/mol. The van der Waals surface area contributed by atoms with Gasteiger partial charge in [0.1, 0.15) is 17.3 Å². The van der Waals surface area contributed by atoms with Gasteiger partial charge in [-0.2, -0.15) is 0 Å². The lowest BCUT2D eigenvalue weighted by Crippen LogP contribution is -2.03. The molecule has 0 bridgehead atoms. The van der Waals surface area contributed by atoms with E-state index in [-0.39, 0.29) is 0 Å². The molecule has 1 aromatic carbocycles. The van der Waals surface area contributed by atoms with Crippen molar-refractivity contribution < 1.29 is 0 Å². The Labute approximate surface area is 123 Å². The summed E-state index contributed by atoms with van der Waals surface area (Å²) in [6.07, 6.45) is 5.33. The molecule has 0 saturated heterocycles. The number of benzene rings is 1. The first-order chi connectivity index (χ1) is 10.2. The van der Waals surface area contributed by atoms with Crippen molar-refractivity contribution in [2.75, 3.05) is 5.73 Å². The van der Waals surface area contributed by atoms with Gasteiger partial charge in [0.05, 0.1) is 18.2 Å². The highest BCUT2D eigenvalue weighted by atomic mass is 15.2. The summed E-state index contributed by atoms with van der Waals surface area (Å²) in [5.41, 5.74) is 8.97. The van der Waals surface area contributed by atoms with Crippen molar-refractivity contribution in [3.63, 3.8) is 0 Å². The molecule has 2 N–H and O–H groups in total. The number of aromatic nitrogens is 4. The molecule has 3 aromatic rings. The number of hydrogen-bond acceptors (Lipinski definition) is 3. The fraction of sp³-hybridized carbons (Fsp3) is 0.125. The van der Waals surface area contributed by atoms with Crippen LogP contribution in [0.3, 0.4) is 0 Å². The summed E-state index contributed by atoms with van der Waals surface area (Å²) in [7, 11) is 1.93. The van der Waals surface area contributed by atoms with Gasteiger partial charge in [-0.1, -0.05) is 36.4 Å². The first-order valence-electron chi connectivity index (χ1n) is 6.71. The molecule has 3 rings (SSSR count). The molecule has 0 aliphatic rings. The van der Waals surface area contributed by atoms with Crippen molar-refractivity contribution in [3.05, 3.63) is 55.5 Å². The fourth-order valence-corrected chi connectivity index (χ4v) is 2.36. The van der Waals surface area contributed by atoms with E-state index >= 15 is 0 Å². The molecule has 0 spiro atoms. The Bertz CT molecular complexity index is 767. The highest BCUT2D eigenvalue weighted by Gasteiger charge is 2.18. The number of hydrogen-bond donors (Lipinski definition) is 1. The minimum Gasteiger partial charge on any atom is -0.383 e. The molecule has 0 amide bonds. The third-order valence-electron chi connectivity index (χ3n) is 3.41. The van der Waals surface area contributed by atoms with Crippen LogP contribution in [0.2, 0.25) is 0 Å². The molecule has 5 heteroatoms. The van der Waals surface area contributed by atoms with E-state index in [1.54, 1.807) is 12.5 Å². The molecule has 21 heavy (non-hydrogen) atoms. The van der Waals surface area contributed by atoms with Crippen LogP contribution < -0.4 is 5.73 Å². The zero-order valence-electron chi connectivity index (χ0n) is 11.9. The minimum atomic E-state index is 0.612. The second-order valence-corrected chi connectivity index (χ2v) is 4.82. The average Bonchev–Trinajstić information content (AvgIpc) is 3.05. The summed E-state index contributed by atoms with van der Waals surface area (Å²) in [6, 6.07) is 10.0. The van der Waals surface area contributed by atoms with Crippen LogP contribution in [0.1, 0.15) is 0 Å². The van der Waals surface area contributed by atoms with Gasteiger partial charge in [0.15, 0.2) is 0 Å². The van der Waals surface area contributed by atoms with Crippen molar-refractivity contribution in [1.29, 1.82) is 0 Å². The number of nitrogens with two attached hydrogens (primary N) is 1. The van der Waals surface area contributed by atoms with Crippen molar-refractivity contribution in [2.45, 2.75) is 6.54 Å². The fourth-order valence-electron chi connectivity index (χ4n) is 2.36. The van der Waals surface area contributed by atoms with Crippen molar-refractivity contribution in [3.8, 4) is 22.8 Å². The molecule has 2 aromatic heterocycles. The van der Waals surface area contributed by atoms with E-state index in [1.807, 2.05) is 52.6 Å². The van der Waals surface area contributed by atoms with Gasteiger partial charge in [0.2, 0.25) is 0 Å². The van der Waals surface area contributed by atoms with Crippen LogP contribution in [0.15, 0.2) is 55.5 Å². The van der Waals surface area contributed by atoms with Crippen LogP contribution >= 0.6 is 0 Å². The summed E-state index contributed by atoms with van der Waals surface area (Å²) < 4.78 is 3.87. The second kappa shape index (κ2) is 5.28. The highest BCUT2D eigenvalue weighted by Crippen LogP contribution is 2.30. The van der Waals surface area contributed by atoms with Gasteiger partial charge >= 0.3 is 0 Å². The van der Waals surface area contributed by atoms with Crippen LogP contribution in [0.25, 0.3) is 22.8 Å². The molecule has 0 aliphatic carbocycles. The zero-order chi connectivity index (χ0) is 14.8. The lowest BCUT2D eigenvalue weighted by Gasteiger charge is -2.07.